The largest absolute Gasteiger partial charge is 0.382 e. The van der Waals surface area contributed by atoms with Crippen LogP contribution in [-0.2, 0) is 19.5 Å². The smallest absolute Gasteiger partial charge is 0.261 e. The third-order valence-electron chi connectivity index (χ3n) is 3.54. The third-order valence-corrected chi connectivity index (χ3v) is 5.66. The fourth-order valence-corrected chi connectivity index (χ4v) is 3.60. The fourth-order valence-electron chi connectivity index (χ4n) is 2.17. The second kappa shape index (κ2) is 10.6. The Hall–Kier alpha value is -1.84. The maximum absolute atomic E-state index is 12.5. The van der Waals surface area contributed by atoms with Crippen molar-refractivity contribution < 1.29 is 22.7 Å². The van der Waals surface area contributed by atoms with Crippen LogP contribution >= 0.6 is 23.2 Å². The van der Waals surface area contributed by atoms with E-state index in [9.17, 15) is 13.2 Å². The molecule has 2 aromatic rings. The van der Waals surface area contributed by atoms with Crippen LogP contribution in [-0.4, -0.2) is 47.8 Å². The molecule has 0 saturated heterocycles. The second-order valence-corrected chi connectivity index (χ2v) is 8.12. The molecule has 10 heteroatoms. The quantitative estimate of drug-likeness (QED) is 0.546. The Morgan fingerprint density at radius 3 is 2.54 bits per heavy atom. The van der Waals surface area contributed by atoms with E-state index in [0.717, 1.165) is 0 Å². The third kappa shape index (κ3) is 6.65. The molecule has 2 rings (SSSR count). The Labute approximate surface area is 174 Å². The van der Waals surface area contributed by atoms with Gasteiger partial charge in [0.05, 0.1) is 34.8 Å². The molecular weight excluding hydrogens is 427 g/mol. The van der Waals surface area contributed by atoms with Gasteiger partial charge in [-0.25, -0.2) is 8.42 Å². The van der Waals surface area contributed by atoms with E-state index in [1.807, 2.05) is 0 Å². The van der Waals surface area contributed by atoms with Gasteiger partial charge in [0.1, 0.15) is 0 Å². The number of sulfonamides is 1. The number of carbonyl (C=O) groups excluding carboxylic acids is 1. The van der Waals surface area contributed by atoms with Gasteiger partial charge in [-0.1, -0.05) is 29.3 Å². The highest BCUT2D eigenvalue weighted by molar-refractivity contribution is 7.92. The molecule has 0 aliphatic heterocycles. The lowest BCUT2D eigenvalue weighted by Crippen LogP contribution is -2.27. The molecule has 0 aromatic heterocycles. The van der Waals surface area contributed by atoms with Crippen molar-refractivity contribution in [2.45, 2.75) is 4.90 Å². The van der Waals surface area contributed by atoms with Crippen LogP contribution in [0.25, 0.3) is 0 Å². The van der Waals surface area contributed by atoms with Gasteiger partial charge in [-0.05, 0) is 36.4 Å². The van der Waals surface area contributed by atoms with Crippen molar-refractivity contribution in [2.24, 2.45) is 0 Å². The zero-order valence-electron chi connectivity index (χ0n) is 15.1. The highest BCUT2D eigenvalue weighted by Gasteiger charge is 2.16. The lowest BCUT2D eigenvalue weighted by atomic mass is 10.2. The fraction of sp³-hybridized carbons (Fsp3) is 0.278. The number of anilines is 1. The molecule has 0 fully saturated rings. The number of carbonyl (C=O) groups is 1. The minimum atomic E-state index is -3.88. The summed E-state index contributed by atoms with van der Waals surface area (Å²) in [6, 6.07) is 10.1. The number of benzene rings is 2. The molecule has 0 unspecified atom stereocenters. The number of halogens is 2. The molecule has 2 aromatic carbocycles. The van der Waals surface area contributed by atoms with Crippen LogP contribution in [0.5, 0.6) is 0 Å². The van der Waals surface area contributed by atoms with Gasteiger partial charge >= 0.3 is 0 Å². The molecule has 152 valence electrons. The van der Waals surface area contributed by atoms with Crippen LogP contribution < -0.4 is 10.0 Å². The highest BCUT2D eigenvalue weighted by atomic mass is 35.5. The average Bonchev–Trinajstić information content (AvgIpc) is 2.66. The molecule has 2 N–H and O–H groups in total. The zero-order valence-corrected chi connectivity index (χ0v) is 17.4. The number of nitrogens with one attached hydrogen (secondary N) is 2. The molecule has 0 spiro atoms. The van der Waals surface area contributed by atoms with Crippen molar-refractivity contribution >= 4 is 44.8 Å². The SMILES string of the molecule is COCCOCCNC(=O)c1cccc(NS(=O)(=O)c2ccc(Cl)c(Cl)c2)c1. The molecular formula is C18H20Cl2N2O5S. The topological polar surface area (TPSA) is 93.7 Å². The van der Waals surface area contributed by atoms with Gasteiger partial charge in [-0.2, -0.15) is 0 Å². The summed E-state index contributed by atoms with van der Waals surface area (Å²) in [6.45, 7) is 1.59. The lowest BCUT2D eigenvalue weighted by Gasteiger charge is -2.11. The van der Waals surface area contributed by atoms with Gasteiger partial charge in [0.2, 0.25) is 0 Å². The van der Waals surface area contributed by atoms with Crippen LogP contribution in [0.15, 0.2) is 47.4 Å². The van der Waals surface area contributed by atoms with E-state index in [0.29, 0.717) is 31.9 Å². The minimum absolute atomic E-state index is 0.0371. The molecule has 0 radical (unpaired) electrons. The molecule has 0 heterocycles. The number of hydrogen-bond donors (Lipinski definition) is 2. The van der Waals surface area contributed by atoms with Gasteiger partial charge < -0.3 is 14.8 Å². The summed E-state index contributed by atoms with van der Waals surface area (Å²) in [7, 11) is -2.30. The molecule has 0 bridgehead atoms. The van der Waals surface area contributed by atoms with E-state index in [2.05, 4.69) is 10.0 Å². The second-order valence-electron chi connectivity index (χ2n) is 5.62. The van der Waals surface area contributed by atoms with E-state index in [-0.39, 0.29) is 26.5 Å². The number of hydrogen-bond acceptors (Lipinski definition) is 5. The molecule has 7 nitrogen and oxygen atoms in total. The van der Waals surface area contributed by atoms with E-state index in [1.54, 1.807) is 25.3 Å². The summed E-state index contributed by atoms with van der Waals surface area (Å²) >= 11 is 11.7. The van der Waals surface area contributed by atoms with Crippen LogP contribution in [0.1, 0.15) is 10.4 Å². The highest BCUT2D eigenvalue weighted by Crippen LogP contribution is 2.26. The van der Waals surface area contributed by atoms with Crippen LogP contribution in [0.2, 0.25) is 10.0 Å². The maximum atomic E-state index is 12.5. The van der Waals surface area contributed by atoms with Gasteiger partial charge in [-0.15, -0.1) is 0 Å². The summed E-state index contributed by atoms with van der Waals surface area (Å²) in [5.74, 6) is -0.342. The van der Waals surface area contributed by atoms with Crippen molar-refractivity contribution in [1.29, 1.82) is 0 Å². The van der Waals surface area contributed by atoms with Crippen LogP contribution in [0.3, 0.4) is 0 Å². The zero-order chi connectivity index (χ0) is 20.6. The first-order valence-electron chi connectivity index (χ1n) is 8.26. The summed E-state index contributed by atoms with van der Waals surface area (Å²) in [6.07, 6.45) is 0. The van der Waals surface area contributed by atoms with E-state index < -0.39 is 10.0 Å². The van der Waals surface area contributed by atoms with Gasteiger partial charge in [0.15, 0.2) is 0 Å². The first-order chi connectivity index (χ1) is 13.3. The Bertz CT molecular complexity index is 922. The molecule has 0 saturated carbocycles. The predicted molar refractivity (Wildman–Crippen MR) is 109 cm³/mol. The van der Waals surface area contributed by atoms with Gasteiger partial charge in [-0.3, -0.25) is 9.52 Å². The molecule has 0 aliphatic carbocycles. The van der Waals surface area contributed by atoms with Crippen molar-refractivity contribution in [1.82, 2.24) is 5.32 Å². The number of rotatable bonds is 10. The first-order valence-corrected chi connectivity index (χ1v) is 10.5. The normalized spacial score (nSPS) is 11.2. The molecule has 0 aliphatic rings. The lowest BCUT2D eigenvalue weighted by molar-refractivity contribution is 0.0692. The van der Waals surface area contributed by atoms with Crippen LogP contribution in [0, 0.1) is 0 Å². The summed E-state index contributed by atoms with van der Waals surface area (Å²) in [4.78, 5) is 12.2. The van der Waals surface area contributed by atoms with E-state index in [1.165, 1.54) is 24.3 Å². The van der Waals surface area contributed by atoms with E-state index >= 15 is 0 Å². The number of amides is 1. The van der Waals surface area contributed by atoms with Crippen molar-refractivity contribution in [3.8, 4) is 0 Å². The molecule has 1 amide bonds. The van der Waals surface area contributed by atoms with Crippen molar-refractivity contribution in [2.75, 3.05) is 38.2 Å². The predicted octanol–water partition coefficient (Wildman–Crippen LogP) is 3.19. The summed E-state index contributed by atoms with van der Waals surface area (Å²) < 4.78 is 37.5. The van der Waals surface area contributed by atoms with Crippen molar-refractivity contribution in [3.05, 3.63) is 58.1 Å². The van der Waals surface area contributed by atoms with Gasteiger partial charge in [0.25, 0.3) is 15.9 Å². The standard InChI is InChI=1S/C18H20Cl2N2O5S/c1-26-9-10-27-8-7-21-18(23)13-3-2-4-14(11-13)22-28(24,25)15-5-6-16(19)17(20)12-15/h2-6,11-12,22H,7-10H2,1H3,(H,21,23). The Kier molecular flexibility index (Phi) is 8.53. The van der Waals surface area contributed by atoms with Crippen LogP contribution in [0.4, 0.5) is 5.69 Å². The molecule has 0 atom stereocenters. The Morgan fingerprint density at radius 1 is 1.04 bits per heavy atom. The number of methoxy groups -OCH3 is 1. The van der Waals surface area contributed by atoms with E-state index in [4.69, 9.17) is 32.7 Å². The Balaban J connectivity index is 2.00. The summed E-state index contributed by atoms with van der Waals surface area (Å²) in [5, 5.41) is 3.08. The maximum Gasteiger partial charge on any atom is 0.261 e. The summed E-state index contributed by atoms with van der Waals surface area (Å²) in [5.41, 5.74) is 0.557. The van der Waals surface area contributed by atoms with Crippen molar-refractivity contribution in [3.63, 3.8) is 0 Å². The molecule has 28 heavy (non-hydrogen) atoms. The average molecular weight is 447 g/mol. The first kappa shape index (κ1) is 22.4. The number of ether oxygens (including phenoxy) is 2. The van der Waals surface area contributed by atoms with Gasteiger partial charge in [0, 0.05) is 24.9 Å². The monoisotopic (exact) mass is 446 g/mol. The Morgan fingerprint density at radius 2 is 1.82 bits per heavy atom. The minimum Gasteiger partial charge on any atom is -0.382 e.